The van der Waals surface area contributed by atoms with Crippen molar-refractivity contribution in [2.24, 2.45) is 0 Å². The zero-order valence-electron chi connectivity index (χ0n) is 9.86. The van der Waals surface area contributed by atoms with E-state index in [0.29, 0.717) is 0 Å². The van der Waals surface area contributed by atoms with Crippen LogP contribution in [0, 0.1) is 5.82 Å². The Balaban J connectivity index is 3.40. The number of halogens is 2. The van der Waals surface area contributed by atoms with Crippen molar-refractivity contribution in [3.8, 4) is 0 Å². The van der Waals surface area contributed by atoms with Crippen molar-refractivity contribution in [3.05, 3.63) is 35.1 Å². The molecule has 0 atom stereocenters. The van der Waals surface area contributed by atoms with Crippen molar-refractivity contribution in [2.45, 2.75) is 11.8 Å². The minimum absolute atomic E-state index is 0.0238. The molecule has 7 heteroatoms. The Hall–Kier alpha value is -0.920. The average molecular weight is 337 g/mol. The van der Waals surface area contributed by atoms with E-state index in [0.717, 1.165) is 10.4 Å². The van der Waals surface area contributed by atoms with Gasteiger partial charge in [-0.15, -0.1) is 6.58 Å². The first-order valence-electron chi connectivity index (χ1n) is 5.20. The number of nitrogen functional groups attached to an aromatic ring is 1. The Morgan fingerprint density at radius 2 is 2.17 bits per heavy atom. The molecular formula is C11H14BrFN2O2S. The van der Waals surface area contributed by atoms with Crippen LogP contribution in [0.25, 0.3) is 0 Å². The summed E-state index contributed by atoms with van der Waals surface area (Å²) in [6, 6.07) is 2.43. The van der Waals surface area contributed by atoms with E-state index in [1.165, 1.54) is 12.1 Å². The summed E-state index contributed by atoms with van der Waals surface area (Å²) < 4.78 is 39.5. The lowest BCUT2D eigenvalue weighted by molar-refractivity contribution is 0.453. The third-order valence-corrected chi connectivity index (χ3v) is 4.84. The summed E-state index contributed by atoms with van der Waals surface area (Å²) in [6.45, 7) is 5.48. The molecule has 0 heterocycles. The van der Waals surface area contributed by atoms with Gasteiger partial charge in [0, 0.05) is 18.8 Å². The van der Waals surface area contributed by atoms with Crippen LogP contribution in [0.1, 0.15) is 6.92 Å². The second-order valence-corrected chi connectivity index (χ2v) is 6.32. The molecule has 0 spiro atoms. The maximum atomic E-state index is 13.9. The van der Waals surface area contributed by atoms with Gasteiger partial charge >= 0.3 is 0 Å². The summed E-state index contributed by atoms with van der Waals surface area (Å²) in [4.78, 5) is -0.432. The maximum Gasteiger partial charge on any atom is 0.246 e. The highest BCUT2D eigenvalue weighted by molar-refractivity contribution is 9.10. The van der Waals surface area contributed by atoms with E-state index < -0.39 is 20.7 Å². The Morgan fingerprint density at radius 1 is 1.56 bits per heavy atom. The number of anilines is 1. The highest BCUT2D eigenvalue weighted by atomic mass is 79.9. The molecule has 0 aliphatic heterocycles. The molecule has 0 aliphatic rings. The van der Waals surface area contributed by atoms with Gasteiger partial charge in [0.25, 0.3) is 0 Å². The number of hydrogen-bond donors (Lipinski definition) is 1. The summed E-state index contributed by atoms with van der Waals surface area (Å²) in [5.74, 6) is -0.841. The molecule has 1 aromatic carbocycles. The standard InChI is InChI=1S/C11H14BrFN2O2S/c1-3-5-15(4-2)18(16,17)10-7-8(14)6-9(12)11(10)13/h3,6-7H,1,4-5,14H2,2H3. The predicted molar refractivity (Wildman–Crippen MR) is 73.1 cm³/mol. The molecular weight excluding hydrogens is 323 g/mol. The number of rotatable bonds is 5. The van der Waals surface area contributed by atoms with Crippen molar-refractivity contribution in [1.82, 2.24) is 4.31 Å². The molecule has 2 N–H and O–H groups in total. The zero-order chi connectivity index (χ0) is 13.9. The van der Waals surface area contributed by atoms with Gasteiger partial charge in [-0.25, -0.2) is 12.8 Å². The van der Waals surface area contributed by atoms with E-state index in [1.807, 2.05) is 0 Å². The monoisotopic (exact) mass is 336 g/mol. The van der Waals surface area contributed by atoms with Crippen LogP contribution in [0.4, 0.5) is 10.1 Å². The summed E-state index contributed by atoms with van der Waals surface area (Å²) >= 11 is 2.94. The van der Waals surface area contributed by atoms with E-state index in [2.05, 4.69) is 22.5 Å². The third kappa shape index (κ3) is 2.90. The molecule has 0 aromatic heterocycles. The minimum atomic E-state index is -3.91. The van der Waals surface area contributed by atoms with Gasteiger partial charge in [-0.3, -0.25) is 0 Å². The molecule has 0 amide bonds. The van der Waals surface area contributed by atoms with Gasteiger partial charge in [0.1, 0.15) is 4.90 Å². The lowest BCUT2D eigenvalue weighted by atomic mass is 10.3. The van der Waals surface area contributed by atoms with E-state index in [-0.39, 0.29) is 23.2 Å². The molecule has 18 heavy (non-hydrogen) atoms. The molecule has 0 saturated heterocycles. The summed E-state index contributed by atoms with van der Waals surface area (Å²) in [5, 5.41) is 0. The fourth-order valence-corrected chi connectivity index (χ4v) is 3.60. The lowest BCUT2D eigenvalue weighted by Crippen LogP contribution is -2.31. The van der Waals surface area contributed by atoms with Crippen molar-refractivity contribution in [3.63, 3.8) is 0 Å². The van der Waals surface area contributed by atoms with E-state index in [1.54, 1.807) is 6.92 Å². The first kappa shape index (κ1) is 15.1. The Labute approximate surface area is 114 Å². The minimum Gasteiger partial charge on any atom is -0.399 e. The highest BCUT2D eigenvalue weighted by Crippen LogP contribution is 2.28. The summed E-state index contributed by atoms with van der Waals surface area (Å²) in [6.07, 6.45) is 1.44. The van der Waals surface area contributed by atoms with Gasteiger partial charge < -0.3 is 5.73 Å². The Morgan fingerprint density at radius 3 is 2.67 bits per heavy atom. The molecule has 4 nitrogen and oxygen atoms in total. The number of nitrogens with zero attached hydrogens (tertiary/aromatic N) is 1. The SMILES string of the molecule is C=CCN(CC)S(=O)(=O)c1cc(N)cc(Br)c1F. The quantitative estimate of drug-likeness (QED) is 0.663. The van der Waals surface area contributed by atoms with Crippen LogP contribution >= 0.6 is 15.9 Å². The summed E-state index contributed by atoms with van der Waals surface area (Å²) in [5.41, 5.74) is 5.72. The smallest absolute Gasteiger partial charge is 0.246 e. The van der Waals surface area contributed by atoms with Gasteiger partial charge in [0.05, 0.1) is 4.47 Å². The molecule has 100 valence electrons. The summed E-state index contributed by atoms with van der Waals surface area (Å²) in [7, 11) is -3.91. The molecule has 0 radical (unpaired) electrons. The molecule has 1 rings (SSSR count). The molecule has 0 unspecified atom stereocenters. The van der Waals surface area contributed by atoms with Gasteiger partial charge in [0.2, 0.25) is 10.0 Å². The normalized spacial score (nSPS) is 11.8. The number of hydrogen-bond acceptors (Lipinski definition) is 3. The van der Waals surface area contributed by atoms with E-state index in [4.69, 9.17) is 5.73 Å². The van der Waals surface area contributed by atoms with Crippen LogP contribution in [0.5, 0.6) is 0 Å². The maximum absolute atomic E-state index is 13.9. The molecule has 1 aromatic rings. The van der Waals surface area contributed by atoms with Crippen LogP contribution < -0.4 is 5.73 Å². The van der Waals surface area contributed by atoms with Crippen LogP contribution in [0.15, 0.2) is 34.2 Å². The van der Waals surface area contributed by atoms with Crippen molar-refractivity contribution >= 4 is 31.6 Å². The van der Waals surface area contributed by atoms with E-state index >= 15 is 0 Å². The van der Waals surface area contributed by atoms with Crippen LogP contribution in [0.2, 0.25) is 0 Å². The first-order valence-corrected chi connectivity index (χ1v) is 7.43. The zero-order valence-corrected chi connectivity index (χ0v) is 12.3. The third-order valence-electron chi connectivity index (χ3n) is 2.32. The molecule has 0 saturated carbocycles. The van der Waals surface area contributed by atoms with Crippen molar-refractivity contribution in [1.29, 1.82) is 0 Å². The number of nitrogens with two attached hydrogens (primary N) is 1. The fourth-order valence-electron chi connectivity index (χ4n) is 1.45. The van der Waals surface area contributed by atoms with E-state index in [9.17, 15) is 12.8 Å². The first-order chi connectivity index (χ1) is 8.34. The van der Waals surface area contributed by atoms with Crippen molar-refractivity contribution < 1.29 is 12.8 Å². The highest BCUT2D eigenvalue weighted by Gasteiger charge is 2.27. The number of likely N-dealkylation sites (N-methyl/N-ethyl adjacent to an activating group) is 1. The number of sulfonamides is 1. The van der Waals surface area contributed by atoms with Crippen molar-refractivity contribution in [2.75, 3.05) is 18.8 Å². The predicted octanol–water partition coefficient (Wildman–Crippen LogP) is 2.37. The van der Waals surface area contributed by atoms with Gasteiger partial charge in [-0.2, -0.15) is 4.31 Å². The lowest BCUT2D eigenvalue weighted by Gasteiger charge is -2.19. The van der Waals surface area contributed by atoms with Crippen LogP contribution in [-0.2, 0) is 10.0 Å². The molecule has 0 bridgehead atoms. The molecule has 0 aliphatic carbocycles. The number of benzene rings is 1. The largest absolute Gasteiger partial charge is 0.399 e. The van der Waals surface area contributed by atoms with Gasteiger partial charge in [0.15, 0.2) is 5.82 Å². The second kappa shape index (κ2) is 5.81. The Bertz CT molecular complexity index is 560. The average Bonchev–Trinajstić information content (AvgIpc) is 2.30. The fraction of sp³-hybridized carbons (Fsp3) is 0.273. The van der Waals surface area contributed by atoms with Gasteiger partial charge in [-0.1, -0.05) is 13.0 Å². The van der Waals surface area contributed by atoms with Crippen LogP contribution in [-0.4, -0.2) is 25.8 Å². The second-order valence-electron chi connectivity index (χ2n) is 3.56. The van der Waals surface area contributed by atoms with Gasteiger partial charge in [-0.05, 0) is 28.1 Å². The van der Waals surface area contributed by atoms with Crippen LogP contribution in [0.3, 0.4) is 0 Å². The Kier molecular flexibility index (Phi) is 4.89. The topological polar surface area (TPSA) is 63.4 Å². The molecule has 0 fully saturated rings.